The first-order valence-electron chi connectivity index (χ1n) is 11.8. The minimum atomic E-state index is -0.0814. The second-order valence-corrected chi connectivity index (χ2v) is 9.93. The average Bonchev–Trinajstić information content (AvgIpc) is 2.86. The van der Waals surface area contributed by atoms with Crippen molar-refractivity contribution in [3.63, 3.8) is 0 Å². The Bertz CT molecular complexity index is 1090. The summed E-state index contributed by atoms with van der Waals surface area (Å²) < 4.78 is 17.7. The van der Waals surface area contributed by atoms with Crippen molar-refractivity contribution < 1.29 is 14.2 Å². The molecule has 0 bridgehead atoms. The Morgan fingerprint density at radius 3 is 2.11 bits per heavy atom. The number of benzene rings is 3. The summed E-state index contributed by atoms with van der Waals surface area (Å²) >= 11 is 5.55. The molecule has 3 aromatic carbocycles. The topological polar surface area (TPSA) is 34.2 Å². The fourth-order valence-corrected chi connectivity index (χ4v) is 3.76. The summed E-state index contributed by atoms with van der Waals surface area (Å²) in [7, 11) is 5.65. The number of hydrogen-bond donors (Lipinski definition) is 0. The van der Waals surface area contributed by atoms with Gasteiger partial charge < -0.3 is 24.0 Å². The van der Waals surface area contributed by atoms with E-state index >= 15 is 0 Å². The molecule has 1 atom stereocenters. The smallest absolute Gasteiger partial charge is 0.269 e. The molecule has 0 aromatic heterocycles. The summed E-state index contributed by atoms with van der Waals surface area (Å²) in [5, 5.41) is 0.366. The highest BCUT2D eigenvalue weighted by Crippen LogP contribution is 2.26. The summed E-state index contributed by atoms with van der Waals surface area (Å²) in [6.07, 6.45) is -0.0814. The summed E-state index contributed by atoms with van der Waals surface area (Å²) in [5.74, 6) is 1.46. The number of anilines is 2. The van der Waals surface area contributed by atoms with Gasteiger partial charge in [0, 0.05) is 45.2 Å². The molecule has 1 unspecified atom stereocenters. The lowest BCUT2D eigenvalue weighted by Gasteiger charge is -2.25. The molecule has 3 aromatic rings. The van der Waals surface area contributed by atoms with Gasteiger partial charge in [0.2, 0.25) is 0 Å². The predicted molar refractivity (Wildman–Crippen MR) is 156 cm³/mol. The third-order valence-electron chi connectivity index (χ3n) is 5.85. The van der Waals surface area contributed by atoms with Crippen LogP contribution in [0.3, 0.4) is 0 Å². The predicted octanol–water partition coefficient (Wildman–Crippen LogP) is 6.74. The summed E-state index contributed by atoms with van der Waals surface area (Å²) in [4.78, 5) is 3.99. The minimum absolute atomic E-state index is 0. The lowest BCUT2D eigenvalue weighted by molar-refractivity contribution is 0.0636. The van der Waals surface area contributed by atoms with E-state index in [0.29, 0.717) is 24.1 Å². The molecular formula is C29H37ClN2O3S. The van der Waals surface area contributed by atoms with Gasteiger partial charge in [-0.3, -0.25) is 0 Å². The molecule has 0 spiro atoms. The maximum absolute atomic E-state index is 6.07. The molecule has 0 aliphatic carbocycles. The van der Waals surface area contributed by atoms with Gasteiger partial charge in [-0.2, -0.15) is 0 Å². The number of thiocarbonyl (C=S) groups is 1. The molecule has 7 heteroatoms. The zero-order valence-corrected chi connectivity index (χ0v) is 23.6. The quantitative estimate of drug-likeness (QED) is 0.286. The van der Waals surface area contributed by atoms with E-state index in [9.17, 15) is 0 Å². The monoisotopic (exact) mass is 528 g/mol. The van der Waals surface area contributed by atoms with E-state index < -0.39 is 0 Å². The third kappa shape index (κ3) is 8.40. The molecule has 0 aliphatic rings. The number of methoxy groups -OCH3 is 1. The molecular weight excluding hydrogens is 492 g/mol. The molecule has 36 heavy (non-hydrogen) atoms. The SMILES string of the molecule is COC(COc1cccc(N(C)C(=S)Oc2ccc(C(C)(C)C)cc2)c1)CN(C)c1ccccc1.Cl. The van der Waals surface area contributed by atoms with Crippen LogP contribution >= 0.6 is 24.6 Å². The number of halogens is 1. The number of para-hydroxylation sites is 1. The fourth-order valence-electron chi connectivity index (χ4n) is 3.56. The Morgan fingerprint density at radius 1 is 0.861 bits per heavy atom. The van der Waals surface area contributed by atoms with Gasteiger partial charge in [0.05, 0.1) is 0 Å². The van der Waals surface area contributed by atoms with Gasteiger partial charge in [-0.1, -0.05) is 57.2 Å². The van der Waals surface area contributed by atoms with Crippen LogP contribution in [0.4, 0.5) is 11.4 Å². The van der Waals surface area contributed by atoms with Crippen LogP contribution in [0.2, 0.25) is 0 Å². The molecule has 0 N–H and O–H groups in total. The van der Waals surface area contributed by atoms with Gasteiger partial charge in [-0.05, 0) is 59.6 Å². The van der Waals surface area contributed by atoms with Crippen molar-refractivity contribution in [1.29, 1.82) is 0 Å². The van der Waals surface area contributed by atoms with Crippen LogP contribution < -0.4 is 19.3 Å². The largest absolute Gasteiger partial charge is 0.491 e. The Balaban J connectivity index is 0.00000456. The molecule has 0 saturated carbocycles. The van der Waals surface area contributed by atoms with Crippen LogP contribution in [0.1, 0.15) is 26.3 Å². The van der Waals surface area contributed by atoms with Gasteiger partial charge >= 0.3 is 0 Å². The highest BCUT2D eigenvalue weighted by atomic mass is 35.5. The van der Waals surface area contributed by atoms with Crippen molar-refractivity contribution in [2.75, 3.05) is 44.2 Å². The Morgan fingerprint density at radius 2 is 1.50 bits per heavy atom. The zero-order chi connectivity index (χ0) is 25.4. The number of hydrogen-bond acceptors (Lipinski definition) is 5. The van der Waals surface area contributed by atoms with E-state index in [4.69, 9.17) is 26.4 Å². The minimum Gasteiger partial charge on any atom is -0.491 e. The standard InChI is InChI=1S/C29H36N2O3S.ClH/c1-29(2,3)22-15-17-25(18-16-22)34-28(35)31(5)24-13-10-14-26(19-24)33-21-27(32-6)20-30(4)23-11-8-7-9-12-23;/h7-19,27H,20-21H2,1-6H3;1H. The van der Waals surface area contributed by atoms with E-state index in [1.54, 1.807) is 7.11 Å². The molecule has 0 fully saturated rings. The number of rotatable bonds is 9. The van der Waals surface area contributed by atoms with Crippen molar-refractivity contribution >= 4 is 41.2 Å². The lowest BCUT2D eigenvalue weighted by atomic mass is 9.87. The third-order valence-corrected chi connectivity index (χ3v) is 6.21. The fraction of sp³-hybridized carbons (Fsp3) is 0.345. The summed E-state index contributed by atoms with van der Waals surface area (Å²) in [6, 6.07) is 26.1. The molecule has 0 heterocycles. The molecule has 0 aliphatic heterocycles. The van der Waals surface area contributed by atoms with Gasteiger partial charge in [0.15, 0.2) is 0 Å². The molecule has 5 nitrogen and oxygen atoms in total. The Labute approximate surface area is 227 Å². The van der Waals surface area contributed by atoms with E-state index in [0.717, 1.165) is 17.1 Å². The molecule has 0 saturated heterocycles. The van der Waals surface area contributed by atoms with Crippen molar-refractivity contribution in [1.82, 2.24) is 0 Å². The van der Waals surface area contributed by atoms with E-state index in [1.807, 2.05) is 66.5 Å². The maximum Gasteiger partial charge on any atom is 0.269 e. The normalized spacial score (nSPS) is 11.7. The van der Waals surface area contributed by atoms with Gasteiger partial charge in [-0.25, -0.2) is 0 Å². The van der Waals surface area contributed by atoms with Gasteiger partial charge in [0.1, 0.15) is 24.2 Å². The van der Waals surface area contributed by atoms with Crippen LogP contribution in [-0.2, 0) is 10.2 Å². The van der Waals surface area contributed by atoms with Crippen molar-refractivity contribution in [3.8, 4) is 11.5 Å². The number of likely N-dealkylation sites (N-methyl/N-ethyl adjacent to an activating group) is 1. The maximum atomic E-state index is 6.07. The summed E-state index contributed by atoms with van der Waals surface area (Å²) in [6.45, 7) is 7.71. The van der Waals surface area contributed by atoms with Crippen molar-refractivity contribution in [3.05, 3.63) is 84.4 Å². The Kier molecular flexibility index (Phi) is 11.0. The van der Waals surface area contributed by atoms with Crippen molar-refractivity contribution in [2.45, 2.75) is 32.3 Å². The highest BCUT2D eigenvalue weighted by molar-refractivity contribution is 7.80. The van der Waals surface area contributed by atoms with E-state index in [2.05, 4.69) is 57.0 Å². The highest BCUT2D eigenvalue weighted by Gasteiger charge is 2.16. The zero-order valence-electron chi connectivity index (χ0n) is 21.9. The van der Waals surface area contributed by atoms with Crippen LogP contribution in [0.25, 0.3) is 0 Å². The second-order valence-electron chi connectivity index (χ2n) is 9.58. The first-order chi connectivity index (χ1) is 16.7. The Hall–Kier alpha value is -2.80. The first-order valence-corrected chi connectivity index (χ1v) is 12.2. The molecule has 0 radical (unpaired) electrons. The van der Waals surface area contributed by atoms with Crippen LogP contribution in [0.5, 0.6) is 11.5 Å². The average molecular weight is 529 g/mol. The number of nitrogens with zero attached hydrogens (tertiary/aromatic N) is 2. The molecule has 3 rings (SSSR count). The van der Waals surface area contributed by atoms with Crippen molar-refractivity contribution in [2.24, 2.45) is 0 Å². The van der Waals surface area contributed by atoms with Crippen LogP contribution in [0.15, 0.2) is 78.9 Å². The van der Waals surface area contributed by atoms with E-state index in [1.165, 1.54) is 5.56 Å². The van der Waals surface area contributed by atoms with Crippen LogP contribution in [-0.4, -0.2) is 45.6 Å². The van der Waals surface area contributed by atoms with E-state index in [-0.39, 0.29) is 23.9 Å². The molecule has 0 amide bonds. The second kappa shape index (κ2) is 13.5. The number of ether oxygens (including phenoxy) is 3. The van der Waals surface area contributed by atoms with Gasteiger partial charge in [0.25, 0.3) is 5.17 Å². The van der Waals surface area contributed by atoms with Crippen LogP contribution in [0, 0.1) is 0 Å². The first kappa shape index (κ1) is 29.4. The summed E-state index contributed by atoms with van der Waals surface area (Å²) in [5.41, 5.74) is 3.36. The molecule has 194 valence electrons. The van der Waals surface area contributed by atoms with Gasteiger partial charge in [-0.15, -0.1) is 12.4 Å². The lowest BCUT2D eigenvalue weighted by Crippen LogP contribution is -2.34.